The van der Waals surface area contributed by atoms with Crippen molar-refractivity contribution in [3.63, 3.8) is 0 Å². The summed E-state index contributed by atoms with van der Waals surface area (Å²) in [5.74, 6) is 0. The minimum Gasteiger partial charge on any atom is -0.353 e. The second-order valence-corrected chi connectivity index (χ2v) is 5.97. The Morgan fingerprint density at radius 3 is 2.38 bits per heavy atom. The molecule has 0 saturated carbocycles. The van der Waals surface area contributed by atoms with Gasteiger partial charge in [-0.15, -0.1) is 6.58 Å². The molecule has 3 heteroatoms. The van der Waals surface area contributed by atoms with Gasteiger partial charge in [-0.05, 0) is 32.7 Å². The van der Waals surface area contributed by atoms with E-state index in [1.165, 1.54) is 37.8 Å². The van der Waals surface area contributed by atoms with Crippen LogP contribution in [0.5, 0.6) is 0 Å². The number of rotatable bonds is 12. The number of allylic oxidation sites excluding steroid dienone is 1. The maximum atomic E-state index is 5.53. The van der Waals surface area contributed by atoms with Crippen LogP contribution in [-0.2, 0) is 9.47 Å². The first kappa shape index (κ1) is 15.9. The van der Waals surface area contributed by atoms with E-state index in [1.807, 2.05) is 19.9 Å². The van der Waals surface area contributed by atoms with Gasteiger partial charge in [0, 0.05) is 22.7 Å². The van der Waals surface area contributed by atoms with E-state index in [-0.39, 0.29) is 15.8 Å². The van der Waals surface area contributed by atoms with E-state index in [9.17, 15) is 0 Å². The summed E-state index contributed by atoms with van der Waals surface area (Å²) in [6, 6.07) is 2.59. The number of ether oxygens (including phenoxy) is 2. The lowest BCUT2D eigenvalue weighted by molar-refractivity contribution is -0.123. The van der Waals surface area contributed by atoms with Crippen molar-refractivity contribution in [2.45, 2.75) is 57.9 Å². The van der Waals surface area contributed by atoms with Gasteiger partial charge in [-0.2, -0.15) is 0 Å². The molecule has 0 aromatic carbocycles. The summed E-state index contributed by atoms with van der Waals surface area (Å²) in [4.78, 5) is 0. The molecule has 0 aromatic rings. The summed E-state index contributed by atoms with van der Waals surface area (Å²) in [5.41, 5.74) is 0. The molecule has 0 unspecified atom stereocenters. The molecule has 16 heavy (non-hydrogen) atoms. The molecule has 0 bridgehead atoms. The molecule has 96 valence electrons. The lowest BCUT2D eigenvalue weighted by Crippen LogP contribution is -2.18. The van der Waals surface area contributed by atoms with Gasteiger partial charge in [-0.3, -0.25) is 0 Å². The fourth-order valence-corrected chi connectivity index (χ4v) is 3.38. The molecule has 0 heterocycles. The normalized spacial score (nSPS) is 11.7. The highest BCUT2D eigenvalue weighted by Gasteiger charge is 2.06. The minimum absolute atomic E-state index is 0.0132. The molecule has 2 nitrogen and oxygen atoms in total. The summed E-state index contributed by atoms with van der Waals surface area (Å²) in [6.45, 7) is 9.32. The van der Waals surface area contributed by atoms with Crippen molar-refractivity contribution < 1.29 is 9.47 Å². The molecule has 0 fully saturated rings. The Kier molecular flexibility index (Phi) is 12.8. The van der Waals surface area contributed by atoms with Crippen molar-refractivity contribution >= 4 is 9.52 Å². The summed E-state index contributed by atoms with van der Waals surface area (Å²) in [7, 11) is 0.0132. The Morgan fingerprint density at radius 2 is 1.81 bits per heavy atom. The minimum atomic E-state index is 0.0132. The third-order valence-electron chi connectivity index (χ3n) is 2.55. The molecule has 0 aliphatic rings. The first-order chi connectivity index (χ1) is 7.85. The predicted octanol–water partition coefficient (Wildman–Crippen LogP) is 3.14. The highest BCUT2D eigenvalue weighted by Crippen LogP contribution is 2.07. The zero-order valence-corrected chi connectivity index (χ0v) is 12.5. The van der Waals surface area contributed by atoms with Crippen LogP contribution in [0.3, 0.4) is 0 Å². The summed E-state index contributed by atoms with van der Waals surface area (Å²) in [5, 5.41) is 0. The van der Waals surface area contributed by atoms with Gasteiger partial charge in [-0.1, -0.05) is 25.0 Å². The fraction of sp³-hybridized carbons (Fsp3) is 0.846. The predicted molar refractivity (Wildman–Crippen MR) is 73.9 cm³/mol. The van der Waals surface area contributed by atoms with Crippen molar-refractivity contribution in [1.29, 1.82) is 0 Å². The second kappa shape index (κ2) is 12.9. The molecule has 0 saturated heterocycles. The first-order valence-electron chi connectivity index (χ1n) is 6.69. The van der Waals surface area contributed by atoms with Gasteiger partial charge in [0.2, 0.25) is 0 Å². The molecular formula is C13H28O2Si. The van der Waals surface area contributed by atoms with E-state index in [4.69, 9.17) is 9.47 Å². The standard InChI is InChI=1S/C13H28O2Si/c1-4-7-8-9-10-11-16-12-13(14-5-2)15-6-3/h4,13H,1,5-12,16H2,2-3H3. The zero-order valence-electron chi connectivity index (χ0n) is 11.0. The molecule has 0 spiro atoms. The molecule has 0 N–H and O–H groups in total. The molecule has 0 radical (unpaired) electrons. The molecule has 0 rings (SSSR count). The topological polar surface area (TPSA) is 18.5 Å². The second-order valence-electron chi connectivity index (χ2n) is 3.97. The van der Waals surface area contributed by atoms with Gasteiger partial charge in [0.1, 0.15) is 0 Å². The van der Waals surface area contributed by atoms with Gasteiger partial charge in [0.25, 0.3) is 0 Å². The van der Waals surface area contributed by atoms with Crippen molar-refractivity contribution in [3.05, 3.63) is 12.7 Å². The monoisotopic (exact) mass is 244 g/mol. The van der Waals surface area contributed by atoms with E-state index >= 15 is 0 Å². The largest absolute Gasteiger partial charge is 0.353 e. The molecule has 0 aromatic heterocycles. The molecular weight excluding hydrogens is 216 g/mol. The number of hydrogen-bond donors (Lipinski definition) is 0. The van der Waals surface area contributed by atoms with Crippen LogP contribution in [0.15, 0.2) is 12.7 Å². The fourth-order valence-electron chi connectivity index (χ4n) is 1.72. The molecule has 0 aliphatic heterocycles. The maximum absolute atomic E-state index is 5.53. The van der Waals surface area contributed by atoms with Crippen LogP contribution in [0.2, 0.25) is 12.1 Å². The lowest BCUT2D eigenvalue weighted by Gasteiger charge is -2.16. The van der Waals surface area contributed by atoms with Gasteiger partial charge < -0.3 is 9.47 Å². The smallest absolute Gasteiger partial charge is 0.154 e. The third-order valence-corrected chi connectivity index (χ3v) is 4.43. The summed E-state index contributed by atoms with van der Waals surface area (Å²) >= 11 is 0. The summed E-state index contributed by atoms with van der Waals surface area (Å²) in [6.07, 6.45) is 7.30. The van der Waals surface area contributed by atoms with Crippen LogP contribution in [0, 0.1) is 0 Å². The Hall–Kier alpha value is -0.123. The van der Waals surface area contributed by atoms with Crippen molar-refractivity contribution in [2.24, 2.45) is 0 Å². The average molecular weight is 244 g/mol. The van der Waals surface area contributed by atoms with E-state index in [2.05, 4.69) is 6.58 Å². The van der Waals surface area contributed by atoms with Crippen LogP contribution >= 0.6 is 0 Å². The van der Waals surface area contributed by atoms with Gasteiger partial charge >= 0.3 is 0 Å². The average Bonchev–Trinajstić information content (AvgIpc) is 2.28. The van der Waals surface area contributed by atoms with Gasteiger partial charge in [-0.25, -0.2) is 0 Å². The highest BCUT2D eigenvalue weighted by atomic mass is 28.2. The number of hydrogen-bond acceptors (Lipinski definition) is 2. The molecule has 0 amide bonds. The molecule has 0 aliphatic carbocycles. The van der Waals surface area contributed by atoms with E-state index in [1.54, 1.807) is 0 Å². The van der Waals surface area contributed by atoms with Crippen LogP contribution < -0.4 is 0 Å². The van der Waals surface area contributed by atoms with Crippen molar-refractivity contribution in [3.8, 4) is 0 Å². The van der Waals surface area contributed by atoms with Crippen molar-refractivity contribution in [2.75, 3.05) is 13.2 Å². The first-order valence-corrected chi connectivity index (χ1v) is 8.69. The highest BCUT2D eigenvalue weighted by molar-refractivity contribution is 6.35. The van der Waals surface area contributed by atoms with Crippen molar-refractivity contribution in [1.82, 2.24) is 0 Å². The Labute approximate surface area is 103 Å². The Bertz CT molecular complexity index is 145. The summed E-state index contributed by atoms with van der Waals surface area (Å²) < 4.78 is 11.1. The Morgan fingerprint density at radius 1 is 1.12 bits per heavy atom. The van der Waals surface area contributed by atoms with Gasteiger partial charge in [0.05, 0.1) is 0 Å². The zero-order chi connectivity index (χ0) is 12.1. The van der Waals surface area contributed by atoms with Crippen LogP contribution in [0.1, 0.15) is 39.5 Å². The van der Waals surface area contributed by atoms with E-state index in [0.717, 1.165) is 13.2 Å². The van der Waals surface area contributed by atoms with Crippen LogP contribution in [0.4, 0.5) is 0 Å². The molecule has 0 atom stereocenters. The van der Waals surface area contributed by atoms with E-state index < -0.39 is 0 Å². The quantitative estimate of drug-likeness (QED) is 0.227. The lowest BCUT2D eigenvalue weighted by atomic mass is 10.2. The third kappa shape index (κ3) is 10.4. The number of unbranched alkanes of at least 4 members (excludes halogenated alkanes) is 3. The van der Waals surface area contributed by atoms with Crippen LogP contribution in [-0.4, -0.2) is 29.0 Å². The van der Waals surface area contributed by atoms with Gasteiger partial charge in [0.15, 0.2) is 6.29 Å². The van der Waals surface area contributed by atoms with Crippen LogP contribution in [0.25, 0.3) is 0 Å². The van der Waals surface area contributed by atoms with E-state index in [0.29, 0.717) is 0 Å². The maximum Gasteiger partial charge on any atom is 0.154 e. The Balaban J connectivity index is 3.28. The SMILES string of the molecule is C=CCCCCC[SiH2]CC(OCC)OCC.